The molecule has 2 aromatic heterocycles. The molecule has 0 fully saturated rings. The van der Waals surface area contributed by atoms with Crippen LogP contribution in [0.25, 0.3) is 42.0 Å². The number of fused-ring (bicyclic) bond motifs is 6. The number of hydrogen-bond acceptors (Lipinski definition) is 1. The monoisotopic (exact) mass is 329 g/mol. The molecule has 118 valence electrons. The fraction of sp³-hybridized carbons (Fsp3) is 0.182. The standard InChI is InChI=1S/C22H19NS/c1-3-7-14-8-6-10-18-22(14)17-13-21-16(12-19(17)23(18)2)15-9-4-5-11-20(15)24-21/h4-6,8-13H,3,7H2,1-2H3. The topological polar surface area (TPSA) is 4.93 Å². The van der Waals surface area contributed by atoms with Gasteiger partial charge in [-0.05, 0) is 36.2 Å². The number of rotatable bonds is 2. The second-order valence-electron chi connectivity index (χ2n) is 6.58. The summed E-state index contributed by atoms with van der Waals surface area (Å²) in [5.41, 5.74) is 4.16. The molecule has 5 rings (SSSR count). The van der Waals surface area contributed by atoms with Crippen LogP contribution in [0.3, 0.4) is 0 Å². The molecule has 0 N–H and O–H groups in total. The molecule has 24 heavy (non-hydrogen) atoms. The van der Waals surface area contributed by atoms with Crippen LogP contribution in [0.15, 0.2) is 54.6 Å². The minimum atomic E-state index is 1.14. The van der Waals surface area contributed by atoms with Crippen molar-refractivity contribution in [3.05, 3.63) is 60.2 Å². The number of thiophene rings is 1. The van der Waals surface area contributed by atoms with Gasteiger partial charge in [0.05, 0.1) is 0 Å². The lowest BCUT2D eigenvalue weighted by Crippen LogP contribution is -1.88. The van der Waals surface area contributed by atoms with Gasteiger partial charge in [0, 0.05) is 49.0 Å². The zero-order valence-electron chi connectivity index (χ0n) is 14.0. The van der Waals surface area contributed by atoms with Crippen molar-refractivity contribution in [2.24, 2.45) is 7.05 Å². The summed E-state index contributed by atoms with van der Waals surface area (Å²) in [5, 5.41) is 5.59. The van der Waals surface area contributed by atoms with E-state index in [0.717, 1.165) is 6.42 Å². The van der Waals surface area contributed by atoms with Gasteiger partial charge in [-0.15, -0.1) is 11.3 Å². The van der Waals surface area contributed by atoms with Gasteiger partial charge in [-0.3, -0.25) is 0 Å². The van der Waals surface area contributed by atoms with Crippen LogP contribution in [-0.4, -0.2) is 4.57 Å². The Morgan fingerprint density at radius 1 is 0.833 bits per heavy atom. The van der Waals surface area contributed by atoms with Gasteiger partial charge < -0.3 is 4.57 Å². The van der Waals surface area contributed by atoms with Crippen molar-refractivity contribution in [1.29, 1.82) is 0 Å². The lowest BCUT2D eigenvalue weighted by atomic mass is 10.0. The van der Waals surface area contributed by atoms with Crippen LogP contribution in [-0.2, 0) is 13.5 Å². The van der Waals surface area contributed by atoms with Crippen molar-refractivity contribution in [2.75, 3.05) is 0 Å². The summed E-state index contributed by atoms with van der Waals surface area (Å²) in [7, 11) is 2.20. The summed E-state index contributed by atoms with van der Waals surface area (Å²) in [4.78, 5) is 0. The third kappa shape index (κ3) is 1.81. The first-order valence-electron chi connectivity index (χ1n) is 8.59. The predicted octanol–water partition coefficient (Wildman–Crippen LogP) is 6.65. The molecule has 0 atom stereocenters. The lowest BCUT2D eigenvalue weighted by Gasteiger charge is -2.02. The molecule has 2 heterocycles. The molecule has 0 spiro atoms. The van der Waals surface area contributed by atoms with Gasteiger partial charge in [-0.1, -0.05) is 43.7 Å². The predicted molar refractivity (Wildman–Crippen MR) is 107 cm³/mol. The summed E-state index contributed by atoms with van der Waals surface area (Å²) in [6.45, 7) is 2.26. The Labute approximate surface area is 145 Å². The molecule has 0 saturated carbocycles. The molecule has 0 unspecified atom stereocenters. The van der Waals surface area contributed by atoms with Crippen LogP contribution in [0.2, 0.25) is 0 Å². The number of hydrogen-bond donors (Lipinski definition) is 0. The zero-order chi connectivity index (χ0) is 16.3. The fourth-order valence-electron chi connectivity index (χ4n) is 4.02. The van der Waals surface area contributed by atoms with Gasteiger partial charge in [0.25, 0.3) is 0 Å². The summed E-state index contributed by atoms with van der Waals surface area (Å²) >= 11 is 1.90. The average Bonchev–Trinajstić information content (AvgIpc) is 3.10. The van der Waals surface area contributed by atoms with Gasteiger partial charge in [-0.25, -0.2) is 0 Å². The minimum absolute atomic E-state index is 1.14. The van der Waals surface area contributed by atoms with Crippen LogP contribution in [0, 0.1) is 0 Å². The van der Waals surface area contributed by atoms with Crippen LogP contribution in [0.5, 0.6) is 0 Å². The Morgan fingerprint density at radius 2 is 1.71 bits per heavy atom. The Hall–Kier alpha value is -2.32. The van der Waals surface area contributed by atoms with Crippen LogP contribution in [0.4, 0.5) is 0 Å². The Kier molecular flexibility index (Phi) is 2.98. The summed E-state index contributed by atoms with van der Waals surface area (Å²) in [5.74, 6) is 0. The van der Waals surface area contributed by atoms with E-state index in [1.165, 1.54) is 54.0 Å². The van der Waals surface area contributed by atoms with Crippen LogP contribution in [0.1, 0.15) is 18.9 Å². The summed E-state index contributed by atoms with van der Waals surface area (Å²) < 4.78 is 5.12. The number of aryl methyl sites for hydroxylation is 2. The van der Waals surface area contributed by atoms with E-state index in [0.29, 0.717) is 0 Å². The average molecular weight is 329 g/mol. The van der Waals surface area contributed by atoms with E-state index >= 15 is 0 Å². The molecule has 1 nitrogen and oxygen atoms in total. The van der Waals surface area contributed by atoms with Crippen molar-refractivity contribution in [2.45, 2.75) is 19.8 Å². The lowest BCUT2D eigenvalue weighted by molar-refractivity contribution is 0.929. The SMILES string of the molecule is CCCc1cccc2c1c1cc3sc4ccccc4c3cc1n2C. The van der Waals surface area contributed by atoms with Crippen molar-refractivity contribution in [3.63, 3.8) is 0 Å². The third-order valence-corrected chi connectivity index (χ3v) is 6.27. The van der Waals surface area contributed by atoms with E-state index in [1.807, 2.05) is 11.3 Å². The first-order chi connectivity index (χ1) is 11.8. The van der Waals surface area contributed by atoms with Gasteiger partial charge >= 0.3 is 0 Å². The smallest absolute Gasteiger partial charge is 0.0496 e. The summed E-state index contributed by atoms with van der Waals surface area (Å²) in [6, 6.07) is 20.3. The number of benzene rings is 3. The highest BCUT2D eigenvalue weighted by Gasteiger charge is 2.14. The first kappa shape index (κ1) is 14.1. The number of aromatic nitrogens is 1. The maximum absolute atomic E-state index is 2.41. The second-order valence-corrected chi connectivity index (χ2v) is 7.67. The summed E-state index contributed by atoms with van der Waals surface area (Å²) in [6.07, 6.45) is 2.32. The maximum atomic E-state index is 2.41. The molecule has 5 aromatic rings. The van der Waals surface area contributed by atoms with Gasteiger partial charge in [0.1, 0.15) is 0 Å². The molecule has 0 saturated heterocycles. The van der Waals surface area contributed by atoms with E-state index in [9.17, 15) is 0 Å². The normalized spacial score (nSPS) is 12.1. The molecule has 0 aliphatic rings. The van der Waals surface area contributed by atoms with Crippen molar-refractivity contribution in [3.8, 4) is 0 Å². The Balaban J connectivity index is 1.99. The first-order valence-corrected chi connectivity index (χ1v) is 9.41. The van der Waals surface area contributed by atoms with Crippen molar-refractivity contribution >= 4 is 53.3 Å². The molecule has 0 amide bonds. The largest absolute Gasteiger partial charge is 0.344 e. The Morgan fingerprint density at radius 3 is 2.58 bits per heavy atom. The second kappa shape index (κ2) is 5.09. The molecule has 0 radical (unpaired) electrons. The fourth-order valence-corrected chi connectivity index (χ4v) is 5.15. The van der Waals surface area contributed by atoms with E-state index in [4.69, 9.17) is 0 Å². The van der Waals surface area contributed by atoms with E-state index < -0.39 is 0 Å². The van der Waals surface area contributed by atoms with Crippen LogP contribution < -0.4 is 0 Å². The number of nitrogens with zero attached hydrogens (tertiary/aromatic N) is 1. The third-order valence-electron chi connectivity index (χ3n) is 5.14. The Bertz CT molecular complexity index is 1220. The van der Waals surface area contributed by atoms with Crippen LogP contribution >= 0.6 is 11.3 Å². The molecule has 0 aliphatic heterocycles. The molecular formula is C22H19NS. The van der Waals surface area contributed by atoms with Gasteiger partial charge in [0.2, 0.25) is 0 Å². The maximum Gasteiger partial charge on any atom is 0.0496 e. The van der Waals surface area contributed by atoms with Crippen molar-refractivity contribution in [1.82, 2.24) is 4.57 Å². The van der Waals surface area contributed by atoms with E-state index in [-0.39, 0.29) is 0 Å². The molecular weight excluding hydrogens is 310 g/mol. The quantitative estimate of drug-likeness (QED) is 0.341. The molecule has 0 aliphatic carbocycles. The highest BCUT2D eigenvalue weighted by molar-refractivity contribution is 7.25. The molecule has 0 bridgehead atoms. The minimum Gasteiger partial charge on any atom is -0.344 e. The zero-order valence-corrected chi connectivity index (χ0v) is 14.8. The molecule has 3 aromatic carbocycles. The van der Waals surface area contributed by atoms with Gasteiger partial charge in [-0.2, -0.15) is 0 Å². The molecule has 2 heteroatoms. The highest BCUT2D eigenvalue weighted by Crippen LogP contribution is 2.40. The van der Waals surface area contributed by atoms with E-state index in [2.05, 4.69) is 73.1 Å². The van der Waals surface area contributed by atoms with E-state index in [1.54, 1.807) is 0 Å². The highest BCUT2D eigenvalue weighted by atomic mass is 32.1. The van der Waals surface area contributed by atoms with Gasteiger partial charge in [0.15, 0.2) is 0 Å². The van der Waals surface area contributed by atoms with Crippen molar-refractivity contribution < 1.29 is 0 Å².